The molecule has 3 aliphatic rings. The highest BCUT2D eigenvalue weighted by Gasteiger charge is 2.42. The second kappa shape index (κ2) is 10.5. The van der Waals surface area contributed by atoms with E-state index in [-0.39, 0.29) is 23.9 Å². The fourth-order valence-electron chi connectivity index (χ4n) is 5.94. The Kier molecular flexibility index (Phi) is 6.88. The summed E-state index contributed by atoms with van der Waals surface area (Å²) in [6.07, 6.45) is 8.39. The molecule has 2 bridgehead atoms. The standard InChI is InChI=1S/C30H36N8O3/c1-30(2,3)41-29(40)36-12-10-19(11-13-36)20-15-32-28(33-16-20)38-21-8-9-22(38)18-37(17-21)25-14-24(34-35-27(25)31)23-6-4-5-7-26(23)39/h4-7,10,14-16,21-22,39H,8-9,11-13,17-18H2,1-3H3,(H2,31,35). The number of carbonyl (C=O) groups excluding carboxylic acids is 1. The first-order valence-electron chi connectivity index (χ1n) is 14.1. The molecule has 3 aromatic rings. The van der Waals surface area contributed by atoms with Crippen LogP contribution in [0.15, 0.2) is 48.8 Å². The summed E-state index contributed by atoms with van der Waals surface area (Å²) < 4.78 is 5.50. The molecule has 6 rings (SSSR count). The molecule has 11 heteroatoms. The number of amides is 1. The van der Waals surface area contributed by atoms with Crippen LogP contribution in [0.3, 0.4) is 0 Å². The maximum absolute atomic E-state index is 12.4. The van der Waals surface area contributed by atoms with Gasteiger partial charge in [-0.25, -0.2) is 14.8 Å². The Balaban J connectivity index is 1.14. The van der Waals surface area contributed by atoms with Gasteiger partial charge in [-0.3, -0.25) is 0 Å². The van der Waals surface area contributed by atoms with E-state index < -0.39 is 5.60 Å². The first-order chi connectivity index (χ1) is 19.7. The maximum Gasteiger partial charge on any atom is 0.410 e. The quantitative estimate of drug-likeness (QED) is 0.484. The third kappa shape index (κ3) is 5.48. The number of aromatic nitrogens is 4. The summed E-state index contributed by atoms with van der Waals surface area (Å²) in [6.45, 7) is 8.28. The second-order valence-electron chi connectivity index (χ2n) is 11.9. The van der Waals surface area contributed by atoms with Crippen LogP contribution in [0.25, 0.3) is 16.8 Å². The molecule has 0 saturated carbocycles. The highest BCUT2D eigenvalue weighted by atomic mass is 16.6. The molecule has 41 heavy (non-hydrogen) atoms. The van der Waals surface area contributed by atoms with Gasteiger partial charge in [-0.2, -0.15) is 0 Å². The lowest BCUT2D eigenvalue weighted by Crippen LogP contribution is -2.54. The van der Waals surface area contributed by atoms with Crippen LogP contribution >= 0.6 is 0 Å². The van der Waals surface area contributed by atoms with E-state index in [2.05, 4.69) is 26.1 Å². The summed E-state index contributed by atoms with van der Waals surface area (Å²) in [5.74, 6) is 1.28. The number of ether oxygens (including phenoxy) is 1. The average Bonchev–Trinajstić information content (AvgIpc) is 3.22. The van der Waals surface area contributed by atoms with E-state index in [1.165, 1.54) is 0 Å². The molecule has 1 amide bonds. The van der Waals surface area contributed by atoms with E-state index in [0.29, 0.717) is 30.2 Å². The lowest BCUT2D eigenvalue weighted by Gasteiger charge is -2.42. The topological polar surface area (TPSA) is 134 Å². The minimum Gasteiger partial charge on any atom is -0.507 e. The van der Waals surface area contributed by atoms with Crippen LogP contribution in [0.5, 0.6) is 5.75 Å². The number of benzene rings is 1. The second-order valence-corrected chi connectivity index (χ2v) is 11.9. The normalized spacial score (nSPS) is 20.7. The number of nitrogens with two attached hydrogens (primary N) is 1. The molecule has 0 spiro atoms. The van der Waals surface area contributed by atoms with Gasteiger partial charge >= 0.3 is 6.09 Å². The number of phenolic OH excluding ortho intramolecular Hbond substituents is 1. The summed E-state index contributed by atoms with van der Waals surface area (Å²) in [5.41, 5.74) is 9.95. The fraction of sp³-hybridized carbons (Fsp3) is 0.433. The molecule has 5 heterocycles. The first-order valence-corrected chi connectivity index (χ1v) is 14.1. The van der Waals surface area contributed by atoms with Crippen molar-refractivity contribution < 1.29 is 14.6 Å². The smallest absolute Gasteiger partial charge is 0.410 e. The largest absolute Gasteiger partial charge is 0.507 e. The van der Waals surface area contributed by atoms with E-state index in [1.807, 2.05) is 51.4 Å². The number of fused-ring (bicyclic) bond motifs is 2. The molecule has 0 aliphatic carbocycles. The van der Waals surface area contributed by atoms with Crippen molar-refractivity contribution in [3.8, 4) is 17.0 Å². The van der Waals surface area contributed by atoms with E-state index in [4.69, 9.17) is 20.4 Å². The predicted molar refractivity (Wildman–Crippen MR) is 157 cm³/mol. The molecule has 214 valence electrons. The number of carbonyl (C=O) groups is 1. The molecule has 0 radical (unpaired) electrons. The minimum atomic E-state index is -0.507. The number of para-hydroxylation sites is 1. The van der Waals surface area contributed by atoms with E-state index in [9.17, 15) is 9.90 Å². The number of rotatable bonds is 4. The van der Waals surface area contributed by atoms with Crippen LogP contribution in [0.2, 0.25) is 0 Å². The molecule has 3 aliphatic heterocycles. The number of phenols is 1. The molecule has 3 N–H and O–H groups in total. The number of nitrogens with zero attached hydrogens (tertiary/aromatic N) is 7. The number of aromatic hydroxyl groups is 1. The highest BCUT2D eigenvalue weighted by molar-refractivity contribution is 5.75. The van der Waals surface area contributed by atoms with Crippen molar-refractivity contribution in [3.63, 3.8) is 0 Å². The summed E-state index contributed by atoms with van der Waals surface area (Å²) in [6, 6.07) is 9.51. The first kappa shape index (κ1) is 26.8. The van der Waals surface area contributed by atoms with Crippen LogP contribution in [-0.2, 0) is 4.74 Å². The Bertz CT molecular complexity index is 1460. The van der Waals surface area contributed by atoms with E-state index in [0.717, 1.165) is 55.1 Å². The Hall–Kier alpha value is -4.41. The van der Waals surface area contributed by atoms with Gasteiger partial charge in [0, 0.05) is 61.8 Å². The Morgan fingerprint density at radius 1 is 1.07 bits per heavy atom. The Morgan fingerprint density at radius 3 is 2.41 bits per heavy atom. The minimum absolute atomic E-state index is 0.160. The van der Waals surface area contributed by atoms with Crippen LogP contribution in [0.4, 0.5) is 22.2 Å². The van der Waals surface area contributed by atoms with Gasteiger partial charge in [0.25, 0.3) is 0 Å². The van der Waals surface area contributed by atoms with Gasteiger partial charge in [-0.1, -0.05) is 18.2 Å². The molecule has 2 fully saturated rings. The van der Waals surface area contributed by atoms with E-state index in [1.54, 1.807) is 17.0 Å². The predicted octanol–water partition coefficient (Wildman–Crippen LogP) is 4.10. The Morgan fingerprint density at radius 2 is 1.78 bits per heavy atom. The number of anilines is 3. The molecule has 2 aromatic heterocycles. The van der Waals surface area contributed by atoms with Crippen molar-refractivity contribution >= 4 is 29.1 Å². The van der Waals surface area contributed by atoms with Gasteiger partial charge < -0.3 is 30.3 Å². The van der Waals surface area contributed by atoms with Gasteiger partial charge in [0.05, 0.1) is 11.4 Å². The van der Waals surface area contributed by atoms with Crippen molar-refractivity contribution in [2.75, 3.05) is 41.7 Å². The van der Waals surface area contributed by atoms with Crippen LogP contribution < -0.4 is 15.5 Å². The molecule has 2 saturated heterocycles. The van der Waals surface area contributed by atoms with Gasteiger partial charge in [0.1, 0.15) is 11.4 Å². The summed E-state index contributed by atoms with van der Waals surface area (Å²) in [7, 11) is 0. The number of hydrogen-bond acceptors (Lipinski definition) is 10. The van der Waals surface area contributed by atoms with Crippen molar-refractivity contribution in [3.05, 3.63) is 54.4 Å². The molecular weight excluding hydrogens is 520 g/mol. The lowest BCUT2D eigenvalue weighted by atomic mass is 10.0. The fourth-order valence-corrected chi connectivity index (χ4v) is 5.94. The van der Waals surface area contributed by atoms with Gasteiger partial charge in [0.15, 0.2) is 5.82 Å². The van der Waals surface area contributed by atoms with Crippen LogP contribution in [-0.4, -0.2) is 80.1 Å². The zero-order valence-electron chi connectivity index (χ0n) is 23.7. The Labute approximate surface area is 239 Å². The summed E-state index contributed by atoms with van der Waals surface area (Å²) in [5, 5.41) is 18.7. The highest BCUT2D eigenvalue weighted by Crippen LogP contribution is 2.38. The van der Waals surface area contributed by atoms with E-state index >= 15 is 0 Å². The zero-order chi connectivity index (χ0) is 28.7. The maximum atomic E-state index is 12.4. The third-order valence-electron chi connectivity index (χ3n) is 7.90. The van der Waals surface area contributed by atoms with Gasteiger partial charge in [-0.05, 0) is 63.8 Å². The SMILES string of the molecule is CC(C)(C)OC(=O)N1CC=C(c2cnc(N3C4CCC3CN(c3cc(-c5ccccc5O)nnc3N)C4)nc2)CC1. The molecule has 2 atom stereocenters. The molecule has 11 nitrogen and oxygen atoms in total. The number of piperazine rings is 1. The van der Waals surface area contributed by atoms with Crippen LogP contribution in [0, 0.1) is 0 Å². The van der Waals surface area contributed by atoms with Gasteiger partial charge in [0.2, 0.25) is 5.95 Å². The van der Waals surface area contributed by atoms with Crippen molar-refractivity contribution in [2.45, 2.75) is 57.7 Å². The monoisotopic (exact) mass is 556 g/mol. The van der Waals surface area contributed by atoms with Crippen molar-refractivity contribution in [2.24, 2.45) is 0 Å². The summed E-state index contributed by atoms with van der Waals surface area (Å²) >= 11 is 0. The van der Waals surface area contributed by atoms with Crippen molar-refractivity contribution in [1.82, 2.24) is 25.1 Å². The van der Waals surface area contributed by atoms with Crippen LogP contribution in [0.1, 0.15) is 45.6 Å². The molecular formula is C30H36N8O3. The molecule has 1 aromatic carbocycles. The lowest BCUT2D eigenvalue weighted by molar-refractivity contribution is 0.0270. The van der Waals surface area contributed by atoms with Crippen molar-refractivity contribution in [1.29, 1.82) is 0 Å². The summed E-state index contributed by atoms with van der Waals surface area (Å²) in [4.78, 5) is 28.3. The zero-order valence-corrected chi connectivity index (χ0v) is 23.7. The third-order valence-corrected chi connectivity index (χ3v) is 7.90. The molecule has 2 unspecified atom stereocenters. The number of hydrogen-bond donors (Lipinski definition) is 2. The van der Waals surface area contributed by atoms with Gasteiger partial charge in [-0.15, -0.1) is 10.2 Å². The number of nitrogen functional groups attached to an aromatic ring is 1. The average molecular weight is 557 g/mol.